The number of nitro groups is 1. The molecule has 0 heterocycles. The molecule has 0 saturated heterocycles. The Hall–Kier alpha value is -3.13. The van der Waals surface area contributed by atoms with Crippen molar-refractivity contribution in [3.8, 4) is 5.75 Å². The van der Waals surface area contributed by atoms with Crippen molar-refractivity contribution in [1.29, 1.82) is 0 Å². The molecule has 1 amide bonds. The molecule has 24 heavy (non-hydrogen) atoms. The van der Waals surface area contributed by atoms with E-state index in [1.54, 1.807) is 0 Å². The van der Waals surface area contributed by atoms with E-state index in [1.165, 1.54) is 37.4 Å². The molecule has 0 fully saturated rings. The first-order valence-electron chi connectivity index (χ1n) is 6.50. The van der Waals surface area contributed by atoms with Crippen molar-refractivity contribution in [3.05, 3.63) is 62.7 Å². The number of halogens is 1. The van der Waals surface area contributed by atoms with Gasteiger partial charge in [-0.2, -0.15) is 0 Å². The van der Waals surface area contributed by atoms with Gasteiger partial charge in [0.1, 0.15) is 0 Å². The summed E-state index contributed by atoms with van der Waals surface area (Å²) in [5.74, 6) is -1.84. The van der Waals surface area contributed by atoms with Crippen LogP contribution < -0.4 is 10.1 Å². The van der Waals surface area contributed by atoms with Crippen LogP contribution in [-0.4, -0.2) is 29.0 Å². The highest BCUT2D eigenvalue weighted by molar-refractivity contribution is 6.34. The molecule has 2 N–H and O–H groups in total. The second kappa shape index (κ2) is 6.97. The van der Waals surface area contributed by atoms with Gasteiger partial charge in [-0.3, -0.25) is 14.9 Å². The number of nitrogens with zero attached hydrogens (tertiary/aromatic N) is 1. The van der Waals surface area contributed by atoms with Gasteiger partial charge in [0.2, 0.25) is 0 Å². The van der Waals surface area contributed by atoms with Gasteiger partial charge in [-0.15, -0.1) is 0 Å². The van der Waals surface area contributed by atoms with E-state index in [9.17, 15) is 19.7 Å². The molecule has 124 valence electrons. The molecule has 0 saturated carbocycles. The topological polar surface area (TPSA) is 119 Å². The van der Waals surface area contributed by atoms with E-state index in [2.05, 4.69) is 5.32 Å². The number of anilines is 1. The molecule has 0 aliphatic heterocycles. The molecule has 0 bridgehead atoms. The zero-order valence-corrected chi connectivity index (χ0v) is 13.0. The predicted octanol–water partition coefficient (Wildman–Crippen LogP) is 3.21. The summed E-state index contributed by atoms with van der Waals surface area (Å²) in [6.07, 6.45) is 0. The number of carboxylic acids is 1. The zero-order chi connectivity index (χ0) is 17.9. The lowest BCUT2D eigenvalue weighted by Crippen LogP contribution is -2.13. The van der Waals surface area contributed by atoms with E-state index in [-0.39, 0.29) is 33.3 Å². The summed E-state index contributed by atoms with van der Waals surface area (Å²) in [6, 6.07) is 7.51. The Morgan fingerprint density at radius 2 is 1.88 bits per heavy atom. The van der Waals surface area contributed by atoms with Gasteiger partial charge in [-0.25, -0.2) is 4.79 Å². The molecule has 2 aromatic carbocycles. The Balaban J connectivity index is 2.34. The van der Waals surface area contributed by atoms with Crippen LogP contribution in [0.15, 0.2) is 36.4 Å². The van der Waals surface area contributed by atoms with E-state index < -0.39 is 16.8 Å². The fourth-order valence-electron chi connectivity index (χ4n) is 1.92. The molecule has 0 radical (unpaired) electrons. The molecular weight excluding hydrogens is 340 g/mol. The van der Waals surface area contributed by atoms with Crippen LogP contribution in [0, 0.1) is 10.1 Å². The maximum absolute atomic E-state index is 12.2. The third kappa shape index (κ3) is 3.61. The number of hydrogen-bond acceptors (Lipinski definition) is 5. The fourth-order valence-corrected chi connectivity index (χ4v) is 2.09. The Labute approximate surface area is 140 Å². The summed E-state index contributed by atoms with van der Waals surface area (Å²) in [7, 11) is 1.28. The SMILES string of the molecule is COc1ccc(C(=O)Nc2cc(C(=O)O)ccc2Cl)cc1[N+](=O)[O-]. The maximum Gasteiger partial charge on any atom is 0.335 e. The fraction of sp³-hybridized carbons (Fsp3) is 0.0667. The summed E-state index contributed by atoms with van der Waals surface area (Å²) < 4.78 is 4.86. The van der Waals surface area contributed by atoms with Crippen molar-refractivity contribution in [2.45, 2.75) is 0 Å². The average molecular weight is 351 g/mol. The van der Waals surface area contributed by atoms with Gasteiger partial charge in [-0.1, -0.05) is 11.6 Å². The molecule has 0 spiro atoms. The van der Waals surface area contributed by atoms with Gasteiger partial charge in [0, 0.05) is 11.6 Å². The lowest BCUT2D eigenvalue weighted by atomic mass is 10.1. The number of aromatic carboxylic acids is 1. The lowest BCUT2D eigenvalue weighted by molar-refractivity contribution is -0.385. The number of nitrogens with one attached hydrogen (secondary N) is 1. The molecule has 0 aliphatic rings. The molecule has 0 aliphatic carbocycles. The standard InChI is InChI=1S/C15H11ClN2O6/c1-24-13-5-3-8(7-12(13)18(22)23)14(19)17-11-6-9(15(20)21)2-4-10(11)16/h2-7H,1H3,(H,17,19)(H,20,21). The number of ether oxygens (including phenoxy) is 1. The van der Waals surface area contributed by atoms with Crippen LogP contribution >= 0.6 is 11.6 Å². The smallest absolute Gasteiger partial charge is 0.335 e. The third-order valence-corrected chi connectivity index (χ3v) is 3.43. The molecule has 9 heteroatoms. The van der Waals surface area contributed by atoms with E-state index in [1.807, 2.05) is 0 Å². The van der Waals surface area contributed by atoms with Gasteiger partial charge < -0.3 is 15.2 Å². The summed E-state index contributed by atoms with van der Waals surface area (Å²) >= 11 is 5.93. The molecule has 0 unspecified atom stereocenters. The van der Waals surface area contributed by atoms with Crippen LogP contribution in [-0.2, 0) is 0 Å². The highest BCUT2D eigenvalue weighted by Gasteiger charge is 2.19. The van der Waals surface area contributed by atoms with Gasteiger partial charge in [0.15, 0.2) is 5.75 Å². The number of nitro benzene ring substituents is 1. The largest absolute Gasteiger partial charge is 0.490 e. The Morgan fingerprint density at radius 3 is 2.46 bits per heavy atom. The van der Waals surface area contributed by atoms with Gasteiger partial charge >= 0.3 is 11.7 Å². The first-order chi connectivity index (χ1) is 11.3. The molecule has 2 aromatic rings. The van der Waals surface area contributed by atoms with E-state index in [4.69, 9.17) is 21.4 Å². The molecule has 2 rings (SSSR count). The minimum absolute atomic E-state index is 0.000653. The van der Waals surface area contributed by atoms with Crippen molar-refractivity contribution in [2.75, 3.05) is 12.4 Å². The molecule has 8 nitrogen and oxygen atoms in total. The van der Waals surface area contributed by atoms with Crippen molar-refractivity contribution in [1.82, 2.24) is 0 Å². The number of amides is 1. The number of hydrogen-bond donors (Lipinski definition) is 2. The van der Waals surface area contributed by atoms with Crippen molar-refractivity contribution in [3.63, 3.8) is 0 Å². The van der Waals surface area contributed by atoms with Gasteiger partial charge in [0.05, 0.1) is 28.3 Å². The predicted molar refractivity (Wildman–Crippen MR) is 86.0 cm³/mol. The van der Waals surface area contributed by atoms with Crippen LogP contribution in [0.1, 0.15) is 20.7 Å². The summed E-state index contributed by atoms with van der Waals surface area (Å²) in [6.45, 7) is 0. The number of carbonyl (C=O) groups excluding carboxylic acids is 1. The number of carbonyl (C=O) groups is 2. The zero-order valence-electron chi connectivity index (χ0n) is 12.3. The minimum Gasteiger partial charge on any atom is -0.490 e. The number of carboxylic acid groups (broad SMARTS) is 1. The minimum atomic E-state index is -1.18. The summed E-state index contributed by atoms with van der Waals surface area (Å²) in [5.41, 5.74) is -0.342. The first kappa shape index (κ1) is 17.2. The lowest BCUT2D eigenvalue weighted by Gasteiger charge is -2.09. The molecule has 0 atom stereocenters. The molecular formula is C15H11ClN2O6. The average Bonchev–Trinajstić information content (AvgIpc) is 2.55. The summed E-state index contributed by atoms with van der Waals surface area (Å²) in [5, 5.41) is 22.5. The van der Waals surface area contributed by atoms with Crippen LogP contribution in [0.2, 0.25) is 5.02 Å². The Kier molecular flexibility index (Phi) is 5.00. The van der Waals surface area contributed by atoms with Crippen LogP contribution in [0.3, 0.4) is 0 Å². The van der Waals surface area contributed by atoms with Crippen LogP contribution in [0.4, 0.5) is 11.4 Å². The number of rotatable bonds is 5. The second-order valence-corrected chi connectivity index (χ2v) is 5.00. The van der Waals surface area contributed by atoms with E-state index in [0.717, 1.165) is 6.07 Å². The highest BCUT2D eigenvalue weighted by atomic mass is 35.5. The van der Waals surface area contributed by atoms with Crippen LogP contribution in [0.25, 0.3) is 0 Å². The van der Waals surface area contributed by atoms with E-state index >= 15 is 0 Å². The summed E-state index contributed by atoms with van der Waals surface area (Å²) in [4.78, 5) is 33.5. The van der Waals surface area contributed by atoms with E-state index in [0.29, 0.717) is 0 Å². The Bertz CT molecular complexity index is 837. The number of benzene rings is 2. The highest BCUT2D eigenvalue weighted by Crippen LogP contribution is 2.29. The Morgan fingerprint density at radius 1 is 1.21 bits per heavy atom. The molecule has 0 aromatic heterocycles. The van der Waals surface area contributed by atoms with Crippen molar-refractivity contribution in [2.24, 2.45) is 0 Å². The first-order valence-corrected chi connectivity index (χ1v) is 6.88. The quantitative estimate of drug-likeness (QED) is 0.631. The maximum atomic E-state index is 12.2. The normalized spacial score (nSPS) is 10.1. The monoisotopic (exact) mass is 350 g/mol. The van der Waals surface area contributed by atoms with Crippen LogP contribution in [0.5, 0.6) is 5.75 Å². The van der Waals surface area contributed by atoms with Crippen molar-refractivity contribution >= 4 is 34.9 Å². The number of methoxy groups -OCH3 is 1. The van der Waals surface area contributed by atoms with Crippen molar-refractivity contribution < 1.29 is 24.4 Å². The third-order valence-electron chi connectivity index (χ3n) is 3.10. The second-order valence-electron chi connectivity index (χ2n) is 4.60. The van der Waals surface area contributed by atoms with Gasteiger partial charge in [0.25, 0.3) is 5.91 Å². The van der Waals surface area contributed by atoms with Gasteiger partial charge in [-0.05, 0) is 30.3 Å².